The van der Waals surface area contributed by atoms with Crippen LogP contribution in [0.2, 0.25) is 0 Å². The Hall–Kier alpha value is -2.08. The molecule has 0 aliphatic rings. The van der Waals surface area contributed by atoms with E-state index in [0.29, 0.717) is 21.8 Å². The summed E-state index contributed by atoms with van der Waals surface area (Å²) in [5.41, 5.74) is 1.43. The number of carbonyl (C=O) groups is 1. The van der Waals surface area contributed by atoms with Gasteiger partial charge in [-0.3, -0.25) is 4.79 Å². The van der Waals surface area contributed by atoms with Crippen molar-refractivity contribution in [2.24, 2.45) is 0 Å². The third-order valence-corrected chi connectivity index (χ3v) is 3.50. The Morgan fingerprint density at radius 2 is 2.00 bits per heavy atom. The van der Waals surface area contributed by atoms with Crippen molar-refractivity contribution >= 4 is 17.7 Å². The summed E-state index contributed by atoms with van der Waals surface area (Å²) >= 11 is 1.57. The number of amides is 1. The lowest BCUT2D eigenvalue weighted by Crippen LogP contribution is -2.27. The summed E-state index contributed by atoms with van der Waals surface area (Å²) in [4.78, 5) is 20.6. The molecule has 0 spiro atoms. The van der Waals surface area contributed by atoms with Gasteiger partial charge in [0.1, 0.15) is 0 Å². The molecule has 116 valence electrons. The molecule has 0 bridgehead atoms. The molecule has 0 atom stereocenters. The Morgan fingerprint density at radius 1 is 1.27 bits per heavy atom. The number of hydrogen-bond acceptors (Lipinski definition) is 5. The highest BCUT2D eigenvalue weighted by Crippen LogP contribution is 2.21. The number of hydrogen-bond donors (Lipinski definition) is 1. The molecular weight excluding hydrogens is 298 g/mol. The van der Waals surface area contributed by atoms with Gasteiger partial charge >= 0.3 is 0 Å². The highest BCUT2D eigenvalue weighted by atomic mass is 32.2. The van der Waals surface area contributed by atoms with Gasteiger partial charge in [-0.25, -0.2) is 4.98 Å². The van der Waals surface area contributed by atoms with E-state index in [1.807, 2.05) is 25.1 Å². The third kappa shape index (κ3) is 5.04. The summed E-state index contributed by atoms with van der Waals surface area (Å²) in [7, 11) is 0. The molecule has 1 N–H and O–H groups in total. The van der Waals surface area contributed by atoms with Crippen molar-refractivity contribution in [2.45, 2.75) is 31.2 Å². The van der Waals surface area contributed by atoms with Crippen molar-refractivity contribution < 1.29 is 9.53 Å². The van der Waals surface area contributed by atoms with Gasteiger partial charge in [0, 0.05) is 22.6 Å². The van der Waals surface area contributed by atoms with Gasteiger partial charge in [0.2, 0.25) is 5.88 Å². The lowest BCUT2D eigenvalue weighted by Gasteiger charge is -2.10. The van der Waals surface area contributed by atoms with Crippen LogP contribution in [0.4, 0.5) is 0 Å². The number of ether oxygens (including phenoxy) is 1. The molecule has 1 aromatic carbocycles. The molecule has 0 saturated heterocycles. The second-order valence-electron chi connectivity index (χ2n) is 4.96. The molecule has 22 heavy (non-hydrogen) atoms. The van der Waals surface area contributed by atoms with Crippen LogP contribution < -0.4 is 10.1 Å². The van der Waals surface area contributed by atoms with E-state index in [1.165, 1.54) is 0 Å². The standard InChI is InChI=1S/C16H19N3O2S/c1-11(2)22-16-18-12(3)9-14(19-16)21-10-17-15(20)13-7-5-4-6-8-13/h4-9,11H,10H2,1-3H3,(H,17,20). The predicted octanol–water partition coefficient (Wildman–Crippen LogP) is 3.05. The summed E-state index contributed by atoms with van der Waals surface area (Å²) in [6.45, 7) is 6.12. The van der Waals surface area contributed by atoms with Crippen molar-refractivity contribution in [3.63, 3.8) is 0 Å². The molecule has 1 aromatic heterocycles. The van der Waals surface area contributed by atoms with Crippen molar-refractivity contribution in [3.8, 4) is 5.88 Å². The van der Waals surface area contributed by atoms with E-state index in [9.17, 15) is 4.79 Å². The molecule has 5 nitrogen and oxygen atoms in total. The van der Waals surface area contributed by atoms with Gasteiger partial charge < -0.3 is 10.1 Å². The monoisotopic (exact) mass is 317 g/mol. The molecule has 1 heterocycles. The zero-order chi connectivity index (χ0) is 15.9. The molecule has 0 fully saturated rings. The summed E-state index contributed by atoms with van der Waals surface area (Å²) in [6, 6.07) is 10.8. The zero-order valence-corrected chi connectivity index (χ0v) is 13.7. The van der Waals surface area contributed by atoms with Gasteiger partial charge in [-0.2, -0.15) is 4.98 Å². The van der Waals surface area contributed by atoms with Crippen LogP contribution in [0, 0.1) is 6.92 Å². The number of carbonyl (C=O) groups excluding carboxylic acids is 1. The first-order valence-electron chi connectivity index (χ1n) is 7.03. The maximum absolute atomic E-state index is 11.9. The lowest BCUT2D eigenvalue weighted by atomic mass is 10.2. The van der Waals surface area contributed by atoms with E-state index in [-0.39, 0.29) is 12.6 Å². The zero-order valence-electron chi connectivity index (χ0n) is 12.9. The quantitative estimate of drug-likeness (QED) is 0.504. The summed E-state index contributed by atoms with van der Waals surface area (Å²) in [5, 5.41) is 3.77. The van der Waals surface area contributed by atoms with Gasteiger partial charge in [0.15, 0.2) is 11.9 Å². The summed E-state index contributed by atoms with van der Waals surface area (Å²) in [5.74, 6) is 0.284. The van der Waals surface area contributed by atoms with Crippen LogP contribution in [0.15, 0.2) is 41.6 Å². The molecule has 2 aromatic rings. The number of aryl methyl sites for hydroxylation is 1. The van der Waals surface area contributed by atoms with E-state index in [2.05, 4.69) is 29.1 Å². The minimum atomic E-state index is -0.178. The molecule has 0 unspecified atom stereocenters. The van der Waals surface area contributed by atoms with Crippen LogP contribution >= 0.6 is 11.8 Å². The predicted molar refractivity (Wildman–Crippen MR) is 87.2 cm³/mol. The Kier molecular flexibility index (Phi) is 5.77. The molecule has 0 radical (unpaired) electrons. The van der Waals surface area contributed by atoms with Crippen LogP contribution in [-0.2, 0) is 0 Å². The van der Waals surface area contributed by atoms with Crippen LogP contribution in [-0.4, -0.2) is 27.9 Å². The van der Waals surface area contributed by atoms with Crippen molar-refractivity contribution in [1.82, 2.24) is 15.3 Å². The van der Waals surface area contributed by atoms with Crippen LogP contribution in [0.3, 0.4) is 0 Å². The Labute approximate surface area is 134 Å². The molecule has 2 rings (SSSR count). The maximum Gasteiger partial charge on any atom is 0.253 e. The average Bonchev–Trinajstić information content (AvgIpc) is 2.46. The minimum absolute atomic E-state index is 0.0654. The SMILES string of the molecule is Cc1cc(OCNC(=O)c2ccccc2)nc(SC(C)C)n1. The summed E-state index contributed by atoms with van der Waals surface area (Å²) < 4.78 is 5.50. The topological polar surface area (TPSA) is 64.1 Å². The van der Waals surface area contributed by atoms with Gasteiger partial charge in [0.25, 0.3) is 5.91 Å². The van der Waals surface area contributed by atoms with E-state index in [1.54, 1.807) is 30.0 Å². The lowest BCUT2D eigenvalue weighted by molar-refractivity contribution is 0.0917. The van der Waals surface area contributed by atoms with Crippen molar-refractivity contribution in [3.05, 3.63) is 47.7 Å². The molecular formula is C16H19N3O2S. The van der Waals surface area contributed by atoms with Crippen molar-refractivity contribution in [2.75, 3.05) is 6.73 Å². The Morgan fingerprint density at radius 3 is 2.68 bits per heavy atom. The fourth-order valence-corrected chi connectivity index (χ4v) is 2.48. The van der Waals surface area contributed by atoms with Crippen LogP contribution in [0.1, 0.15) is 29.9 Å². The molecule has 6 heteroatoms. The minimum Gasteiger partial charge on any atom is -0.456 e. The van der Waals surface area contributed by atoms with Gasteiger partial charge in [0.05, 0.1) is 0 Å². The average molecular weight is 317 g/mol. The number of benzene rings is 1. The normalized spacial score (nSPS) is 10.5. The summed E-state index contributed by atoms with van der Waals surface area (Å²) in [6.07, 6.45) is 0. The first kappa shape index (κ1) is 16.3. The molecule has 1 amide bonds. The second-order valence-corrected chi connectivity index (χ2v) is 6.50. The van der Waals surface area contributed by atoms with E-state index in [0.717, 1.165) is 5.69 Å². The van der Waals surface area contributed by atoms with Crippen LogP contribution in [0.25, 0.3) is 0 Å². The van der Waals surface area contributed by atoms with E-state index in [4.69, 9.17) is 4.74 Å². The number of thioether (sulfide) groups is 1. The fraction of sp³-hybridized carbons (Fsp3) is 0.312. The highest BCUT2D eigenvalue weighted by Gasteiger charge is 2.07. The van der Waals surface area contributed by atoms with Gasteiger partial charge in [-0.05, 0) is 19.1 Å². The molecule has 0 aliphatic carbocycles. The first-order valence-corrected chi connectivity index (χ1v) is 7.91. The van der Waals surface area contributed by atoms with Crippen LogP contribution in [0.5, 0.6) is 5.88 Å². The smallest absolute Gasteiger partial charge is 0.253 e. The molecule has 0 aliphatic heterocycles. The van der Waals surface area contributed by atoms with Crippen molar-refractivity contribution in [1.29, 1.82) is 0 Å². The first-order chi connectivity index (χ1) is 10.5. The number of rotatable bonds is 6. The number of nitrogens with one attached hydrogen (secondary N) is 1. The number of nitrogens with zero attached hydrogens (tertiary/aromatic N) is 2. The number of aromatic nitrogens is 2. The Balaban J connectivity index is 1.91. The maximum atomic E-state index is 11.9. The largest absolute Gasteiger partial charge is 0.456 e. The second kappa shape index (κ2) is 7.79. The Bertz CT molecular complexity index is 633. The van der Waals surface area contributed by atoms with E-state index < -0.39 is 0 Å². The third-order valence-electron chi connectivity index (χ3n) is 2.64. The highest BCUT2D eigenvalue weighted by molar-refractivity contribution is 7.99. The fourth-order valence-electron chi connectivity index (χ4n) is 1.72. The van der Waals surface area contributed by atoms with Gasteiger partial charge in [-0.15, -0.1) is 0 Å². The van der Waals surface area contributed by atoms with E-state index >= 15 is 0 Å². The van der Waals surface area contributed by atoms with Gasteiger partial charge in [-0.1, -0.05) is 43.8 Å². The molecule has 0 saturated carbocycles.